The van der Waals surface area contributed by atoms with Crippen molar-refractivity contribution in [3.63, 3.8) is 0 Å². The van der Waals surface area contributed by atoms with E-state index in [9.17, 15) is 4.79 Å². The van der Waals surface area contributed by atoms with Crippen LogP contribution in [0.5, 0.6) is 0 Å². The van der Waals surface area contributed by atoms with Crippen molar-refractivity contribution in [2.75, 3.05) is 19.6 Å². The summed E-state index contributed by atoms with van der Waals surface area (Å²) in [5.41, 5.74) is 1.33. The molecule has 1 aliphatic heterocycles. The Bertz CT molecular complexity index is 742. The zero-order valence-electron chi connectivity index (χ0n) is 14.8. The van der Waals surface area contributed by atoms with Crippen molar-refractivity contribution in [3.05, 3.63) is 48.0 Å². The molecule has 0 spiro atoms. The predicted molar refractivity (Wildman–Crippen MR) is 105 cm³/mol. The summed E-state index contributed by atoms with van der Waals surface area (Å²) in [5.74, 6) is 0.984. The van der Waals surface area contributed by atoms with Crippen molar-refractivity contribution in [1.29, 1.82) is 0 Å². The number of rotatable bonds is 5. The molecule has 0 bridgehead atoms. The van der Waals surface area contributed by atoms with Gasteiger partial charge in [0.2, 0.25) is 5.91 Å². The molecule has 1 N–H and O–H groups in total. The van der Waals surface area contributed by atoms with Gasteiger partial charge in [0.25, 0.3) is 0 Å². The van der Waals surface area contributed by atoms with E-state index in [4.69, 9.17) is 0 Å². The Hall–Kier alpha value is -1.58. The smallest absolute Gasteiger partial charge is 0.226 e. The molecule has 4 rings (SSSR count). The molecule has 1 amide bonds. The number of carbonyl (C=O) groups excluding carboxylic acids is 1. The van der Waals surface area contributed by atoms with E-state index in [1.807, 2.05) is 0 Å². The Labute approximate surface area is 156 Å². The first-order valence-corrected chi connectivity index (χ1v) is 9.28. The molecule has 1 saturated carbocycles. The molecule has 0 aromatic heterocycles. The van der Waals surface area contributed by atoms with Gasteiger partial charge in [-0.05, 0) is 48.1 Å². The average Bonchev–Trinajstić information content (AvgIpc) is 3.24. The highest BCUT2D eigenvalue weighted by molar-refractivity contribution is 5.86. The standard InChI is InChI=1S/C21H26N2O.ClH/c1-2-11-23(18-9-10-22-14-18)21(24)20-13-19(20)17-8-7-15-5-3-4-6-16(15)12-17;/h3-8,12,18-20,22H,2,9-11,13-14H2,1H3;1H. The number of nitrogens with zero attached hydrogens (tertiary/aromatic N) is 1. The number of carbonyl (C=O) groups is 1. The molecule has 2 fully saturated rings. The SMILES string of the molecule is CCCN(C(=O)C1CC1c1ccc2ccccc2c1)C1CCNC1.Cl. The zero-order chi connectivity index (χ0) is 16.5. The maximum absolute atomic E-state index is 13.0. The maximum atomic E-state index is 13.0. The minimum atomic E-state index is 0. The number of benzene rings is 2. The van der Waals surface area contributed by atoms with Crippen molar-refractivity contribution in [2.24, 2.45) is 5.92 Å². The van der Waals surface area contributed by atoms with E-state index in [-0.39, 0.29) is 18.3 Å². The van der Waals surface area contributed by atoms with Crippen LogP contribution in [0.25, 0.3) is 10.8 Å². The van der Waals surface area contributed by atoms with Gasteiger partial charge in [-0.3, -0.25) is 4.79 Å². The fourth-order valence-corrected chi connectivity index (χ4v) is 4.11. The minimum absolute atomic E-state index is 0. The van der Waals surface area contributed by atoms with Crippen molar-refractivity contribution in [2.45, 2.75) is 38.1 Å². The molecule has 3 nitrogen and oxygen atoms in total. The normalized spacial score (nSPS) is 24.8. The highest BCUT2D eigenvalue weighted by Crippen LogP contribution is 2.49. The number of hydrogen-bond acceptors (Lipinski definition) is 2. The number of fused-ring (bicyclic) bond motifs is 1. The van der Waals surface area contributed by atoms with Crippen LogP contribution in [-0.4, -0.2) is 36.5 Å². The van der Waals surface area contributed by atoms with E-state index >= 15 is 0 Å². The number of nitrogens with one attached hydrogen (secondary N) is 1. The summed E-state index contributed by atoms with van der Waals surface area (Å²) >= 11 is 0. The molecule has 2 aromatic carbocycles. The Morgan fingerprint density at radius 2 is 2.00 bits per heavy atom. The topological polar surface area (TPSA) is 32.3 Å². The maximum Gasteiger partial charge on any atom is 0.226 e. The average molecular weight is 359 g/mol. The highest BCUT2D eigenvalue weighted by Gasteiger charge is 2.46. The van der Waals surface area contributed by atoms with Gasteiger partial charge in [-0.1, -0.05) is 49.4 Å². The third-order valence-electron chi connectivity index (χ3n) is 5.53. The lowest BCUT2D eigenvalue weighted by Crippen LogP contribution is -2.43. The summed E-state index contributed by atoms with van der Waals surface area (Å²) in [5, 5.41) is 5.94. The molecule has 1 heterocycles. The van der Waals surface area contributed by atoms with Gasteiger partial charge in [-0.2, -0.15) is 0 Å². The largest absolute Gasteiger partial charge is 0.338 e. The van der Waals surface area contributed by atoms with E-state index < -0.39 is 0 Å². The van der Waals surface area contributed by atoms with Crippen molar-refractivity contribution < 1.29 is 4.79 Å². The zero-order valence-corrected chi connectivity index (χ0v) is 15.6. The molecule has 1 saturated heterocycles. The van der Waals surface area contributed by atoms with E-state index in [1.54, 1.807) is 0 Å². The Morgan fingerprint density at radius 1 is 1.20 bits per heavy atom. The molecule has 3 atom stereocenters. The number of amides is 1. The highest BCUT2D eigenvalue weighted by atomic mass is 35.5. The van der Waals surface area contributed by atoms with Crippen molar-refractivity contribution >= 4 is 29.1 Å². The summed E-state index contributed by atoms with van der Waals surface area (Å²) in [6.07, 6.45) is 3.15. The molecule has 2 aromatic rings. The van der Waals surface area contributed by atoms with E-state index in [0.29, 0.717) is 17.9 Å². The molecule has 2 aliphatic rings. The Morgan fingerprint density at radius 3 is 2.72 bits per heavy atom. The fraction of sp³-hybridized carbons (Fsp3) is 0.476. The monoisotopic (exact) mass is 358 g/mol. The van der Waals surface area contributed by atoms with E-state index in [1.165, 1.54) is 16.3 Å². The summed E-state index contributed by atoms with van der Waals surface area (Å²) in [4.78, 5) is 15.2. The summed E-state index contributed by atoms with van der Waals surface area (Å²) in [6.45, 7) is 5.05. The molecular weight excluding hydrogens is 332 g/mol. The number of hydrogen-bond donors (Lipinski definition) is 1. The molecule has 3 unspecified atom stereocenters. The first-order valence-electron chi connectivity index (χ1n) is 9.28. The van der Waals surface area contributed by atoms with Crippen LogP contribution in [0.15, 0.2) is 42.5 Å². The van der Waals surface area contributed by atoms with Crippen LogP contribution in [0, 0.1) is 5.92 Å². The van der Waals surface area contributed by atoms with Gasteiger partial charge in [-0.25, -0.2) is 0 Å². The lowest BCUT2D eigenvalue weighted by molar-refractivity contribution is -0.134. The summed E-state index contributed by atoms with van der Waals surface area (Å²) < 4.78 is 0. The second-order valence-electron chi connectivity index (χ2n) is 7.23. The van der Waals surface area contributed by atoms with Gasteiger partial charge in [0, 0.05) is 25.0 Å². The van der Waals surface area contributed by atoms with Gasteiger partial charge in [0.05, 0.1) is 0 Å². The second-order valence-corrected chi connectivity index (χ2v) is 7.23. The van der Waals surface area contributed by atoms with Gasteiger partial charge in [0.15, 0.2) is 0 Å². The quantitative estimate of drug-likeness (QED) is 0.877. The van der Waals surface area contributed by atoms with E-state index in [0.717, 1.165) is 38.9 Å². The molecule has 4 heteroatoms. The van der Waals surface area contributed by atoms with Crippen LogP contribution in [0.1, 0.15) is 37.7 Å². The van der Waals surface area contributed by atoms with Crippen molar-refractivity contribution in [1.82, 2.24) is 10.2 Å². The van der Waals surface area contributed by atoms with Gasteiger partial charge < -0.3 is 10.2 Å². The first-order chi connectivity index (χ1) is 11.8. The molecule has 134 valence electrons. The first kappa shape index (κ1) is 18.2. The van der Waals surface area contributed by atoms with Crippen molar-refractivity contribution in [3.8, 4) is 0 Å². The minimum Gasteiger partial charge on any atom is -0.338 e. The molecular formula is C21H27ClN2O. The van der Waals surface area contributed by atoms with Gasteiger partial charge in [0.1, 0.15) is 0 Å². The van der Waals surface area contributed by atoms with Gasteiger partial charge >= 0.3 is 0 Å². The van der Waals surface area contributed by atoms with Crippen LogP contribution in [-0.2, 0) is 4.79 Å². The van der Waals surface area contributed by atoms with Crippen LogP contribution in [0.3, 0.4) is 0 Å². The Kier molecular flexibility index (Phi) is 5.65. The van der Waals surface area contributed by atoms with Crippen LogP contribution in [0.4, 0.5) is 0 Å². The number of halogens is 1. The third kappa shape index (κ3) is 3.68. The van der Waals surface area contributed by atoms with Gasteiger partial charge in [-0.15, -0.1) is 12.4 Å². The Balaban J connectivity index is 0.00000182. The second kappa shape index (κ2) is 7.76. The summed E-state index contributed by atoms with van der Waals surface area (Å²) in [6, 6.07) is 15.5. The summed E-state index contributed by atoms with van der Waals surface area (Å²) in [7, 11) is 0. The lowest BCUT2D eigenvalue weighted by atomic mass is 10.0. The van der Waals surface area contributed by atoms with Crippen LogP contribution >= 0.6 is 12.4 Å². The van der Waals surface area contributed by atoms with E-state index in [2.05, 4.69) is 59.6 Å². The molecule has 25 heavy (non-hydrogen) atoms. The molecule has 0 radical (unpaired) electrons. The van der Waals surface area contributed by atoms with Crippen LogP contribution < -0.4 is 5.32 Å². The fourth-order valence-electron chi connectivity index (χ4n) is 4.11. The third-order valence-corrected chi connectivity index (χ3v) is 5.53. The molecule has 1 aliphatic carbocycles. The lowest BCUT2D eigenvalue weighted by Gasteiger charge is -2.28. The predicted octanol–water partition coefficient (Wildman–Crippen LogP) is 3.97. The van der Waals surface area contributed by atoms with Crippen LogP contribution in [0.2, 0.25) is 0 Å².